The van der Waals surface area contributed by atoms with E-state index < -0.39 is 91.4 Å². The molecule has 0 spiro atoms. The summed E-state index contributed by atoms with van der Waals surface area (Å²) >= 11 is 0. The maximum absolute atomic E-state index is 14.0. The third-order valence-electron chi connectivity index (χ3n) is 9.01. The molecule has 2 aliphatic rings. The van der Waals surface area contributed by atoms with Gasteiger partial charge in [-0.25, -0.2) is 4.79 Å². The lowest BCUT2D eigenvalue weighted by Crippen LogP contribution is -2.62. The fraction of sp³-hybridized carbons (Fsp3) is 0.351. The van der Waals surface area contributed by atoms with Crippen LogP contribution in [0.4, 0.5) is 0 Å². The van der Waals surface area contributed by atoms with E-state index in [0.29, 0.717) is 5.56 Å². The number of ether oxygens (including phenoxy) is 7. The maximum atomic E-state index is 14.0. The van der Waals surface area contributed by atoms with Crippen LogP contribution in [0.5, 0.6) is 34.5 Å². The van der Waals surface area contributed by atoms with E-state index in [4.69, 9.17) is 37.6 Å². The Labute approximate surface area is 311 Å². The van der Waals surface area contributed by atoms with E-state index in [9.17, 15) is 50.4 Å². The third kappa shape index (κ3) is 8.02. The number of methoxy groups -OCH3 is 2. The maximum Gasteiger partial charge on any atom is 0.330 e. The van der Waals surface area contributed by atoms with Crippen molar-refractivity contribution in [3.8, 4) is 45.8 Å². The van der Waals surface area contributed by atoms with E-state index in [-0.39, 0.29) is 45.3 Å². The van der Waals surface area contributed by atoms with Crippen LogP contribution in [0.1, 0.15) is 5.56 Å². The fourth-order valence-corrected chi connectivity index (χ4v) is 5.96. The zero-order valence-electron chi connectivity index (χ0n) is 29.2. The number of hydrogen-bond donors (Lipinski definition) is 8. The van der Waals surface area contributed by atoms with Gasteiger partial charge in [-0.05, 0) is 48.0 Å². The minimum absolute atomic E-state index is 0.107. The summed E-state index contributed by atoms with van der Waals surface area (Å²) in [7, 11) is 2.69. The van der Waals surface area contributed by atoms with Crippen molar-refractivity contribution in [1.82, 2.24) is 0 Å². The molecule has 4 aromatic rings. The number of hydrogen-bond acceptors (Lipinski definition) is 18. The van der Waals surface area contributed by atoms with Gasteiger partial charge in [-0.3, -0.25) is 4.79 Å². The Kier molecular flexibility index (Phi) is 11.5. The van der Waals surface area contributed by atoms with Crippen LogP contribution in [0.25, 0.3) is 28.4 Å². The van der Waals surface area contributed by atoms with Gasteiger partial charge in [0.25, 0.3) is 0 Å². The number of aliphatic hydroxyl groups is 5. The van der Waals surface area contributed by atoms with Crippen molar-refractivity contribution in [2.45, 2.75) is 48.7 Å². The molecule has 8 N–H and O–H groups in total. The highest BCUT2D eigenvalue weighted by molar-refractivity contribution is 5.88. The third-order valence-corrected chi connectivity index (χ3v) is 9.01. The average Bonchev–Trinajstić information content (AvgIpc) is 3.46. The van der Waals surface area contributed by atoms with Gasteiger partial charge < -0.3 is 78.4 Å². The molecule has 0 amide bonds. The first-order chi connectivity index (χ1) is 26.3. The summed E-state index contributed by atoms with van der Waals surface area (Å²) in [6.07, 6.45) is -10.2. The van der Waals surface area contributed by atoms with Gasteiger partial charge in [-0.15, -0.1) is 0 Å². The molecule has 55 heavy (non-hydrogen) atoms. The number of phenols is 3. The molecule has 2 aliphatic heterocycles. The summed E-state index contributed by atoms with van der Waals surface area (Å²) in [5, 5.41) is 84.1. The molecule has 8 atom stereocenters. The number of fused-ring (bicyclic) bond motifs is 1. The van der Waals surface area contributed by atoms with Gasteiger partial charge in [0.15, 0.2) is 35.3 Å². The minimum atomic E-state index is -2.23. The van der Waals surface area contributed by atoms with Gasteiger partial charge in [-0.2, -0.15) is 0 Å². The normalized spacial score (nSPS) is 26.6. The van der Waals surface area contributed by atoms with Crippen LogP contribution in [0, 0.1) is 0 Å². The smallest absolute Gasteiger partial charge is 0.330 e. The van der Waals surface area contributed by atoms with Crippen molar-refractivity contribution in [3.63, 3.8) is 0 Å². The first-order valence-corrected chi connectivity index (χ1v) is 16.6. The second kappa shape index (κ2) is 16.1. The lowest BCUT2D eigenvalue weighted by Gasteiger charge is -2.42. The molecule has 1 unspecified atom stereocenters. The molecule has 2 saturated heterocycles. The summed E-state index contributed by atoms with van der Waals surface area (Å²) in [4.78, 5) is 26.5. The number of esters is 1. The molecule has 0 saturated carbocycles. The predicted octanol–water partition coefficient (Wildman–Crippen LogP) is 0.502. The number of benzene rings is 3. The van der Waals surface area contributed by atoms with Crippen LogP contribution < -0.4 is 19.6 Å². The second-order valence-corrected chi connectivity index (χ2v) is 12.7. The standard InChI is InChI=1S/C37H38O18/c1-48-20-12-22(41)27-24(13-20)52-31(18-5-7-19(39)8-6-18)32(29(27)44)54-35-33(30(45)28(43)25(14-38)53-35)55-36-34(46)37(47,16-51-36)15-50-26(42)10-4-17-3-9-21(40)23(11-17)49-2/h3-13,25,28,30,33-36,38-41,43,45-47H,14-16H2,1-2H3/b10-4+/t25-,28-,30+,33+,34+,35?,36-,37-/m0/s1. The van der Waals surface area contributed by atoms with Gasteiger partial charge in [0.05, 0.1) is 27.4 Å². The summed E-state index contributed by atoms with van der Waals surface area (Å²) < 4.78 is 44.4. The lowest BCUT2D eigenvalue weighted by molar-refractivity contribution is -0.319. The Bertz CT molecular complexity index is 2100. The molecule has 0 bridgehead atoms. The van der Waals surface area contributed by atoms with Crippen molar-refractivity contribution in [1.29, 1.82) is 0 Å². The molecule has 18 nitrogen and oxygen atoms in total. The summed E-state index contributed by atoms with van der Waals surface area (Å²) in [5.74, 6) is -2.18. The van der Waals surface area contributed by atoms with E-state index in [1.54, 1.807) is 0 Å². The molecule has 6 rings (SSSR count). The highest BCUT2D eigenvalue weighted by atomic mass is 16.8. The van der Waals surface area contributed by atoms with Crippen molar-refractivity contribution >= 4 is 23.0 Å². The summed E-state index contributed by atoms with van der Waals surface area (Å²) in [6, 6.07) is 12.2. The van der Waals surface area contributed by atoms with E-state index >= 15 is 0 Å². The van der Waals surface area contributed by atoms with Gasteiger partial charge in [0.2, 0.25) is 17.5 Å². The largest absolute Gasteiger partial charge is 0.508 e. The molecule has 1 aromatic heterocycles. The van der Waals surface area contributed by atoms with Crippen molar-refractivity contribution in [3.05, 3.63) is 76.5 Å². The Balaban J connectivity index is 1.25. The Morgan fingerprint density at radius 3 is 2.38 bits per heavy atom. The van der Waals surface area contributed by atoms with Crippen LogP contribution in [0.2, 0.25) is 0 Å². The number of rotatable bonds is 12. The number of phenolic OH excluding ortho intramolecular Hbond substituents is 3. The number of carbonyl (C=O) groups excluding carboxylic acids is 1. The fourth-order valence-electron chi connectivity index (χ4n) is 5.96. The van der Waals surface area contributed by atoms with E-state index in [1.165, 1.54) is 68.8 Å². The van der Waals surface area contributed by atoms with Crippen molar-refractivity contribution in [2.75, 3.05) is 34.0 Å². The molecular weight excluding hydrogens is 732 g/mol. The van der Waals surface area contributed by atoms with Crippen LogP contribution in [0.15, 0.2) is 69.9 Å². The zero-order valence-corrected chi connectivity index (χ0v) is 29.2. The van der Waals surface area contributed by atoms with Crippen molar-refractivity contribution < 1.29 is 83.2 Å². The van der Waals surface area contributed by atoms with Gasteiger partial charge in [-0.1, -0.05) is 6.07 Å². The Hall–Kier alpha value is -5.44. The number of carbonyl (C=O) groups is 1. The van der Waals surface area contributed by atoms with Crippen molar-refractivity contribution in [2.24, 2.45) is 0 Å². The molecule has 0 aliphatic carbocycles. The predicted molar refractivity (Wildman–Crippen MR) is 186 cm³/mol. The summed E-state index contributed by atoms with van der Waals surface area (Å²) in [5.41, 5.74) is -2.60. The topological polar surface area (TPSA) is 274 Å². The quantitative estimate of drug-likeness (QED) is 0.0720. The van der Waals surface area contributed by atoms with Gasteiger partial charge in [0.1, 0.15) is 59.2 Å². The van der Waals surface area contributed by atoms with Crippen LogP contribution in [-0.4, -0.2) is 130 Å². The van der Waals surface area contributed by atoms with E-state index in [1.807, 2.05) is 0 Å². The van der Waals surface area contributed by atoms with Crippen LogP contribution >= 0.6 is 0 Å². The molecular formula is C37H38O18. The van der Waals surface area contributed by atoms with E-state index in [2.05, 4.69) is 0 Å². The van der Waals surface area contributed by atoms with E-state index in [0.717, 1.165) is 12.1 Å². The molecule has 294 valence electrons. The van der Waals surface area contributed by atoms with Gasteiger partial charge in [0, 0.05) is 23.8 Å². The second-order valence-electron chi connectivity index (χ2n) is 12.7. The van der Waals surface area contributed by atoms with Gasteiger partial charge >= 0.3 is 5.97 Å². The molecule has 18 heteroatoms. The average molecular weight is 771 g/mol. The minimum Gasteiger partial charge on any atom is -0.508 e. The molecule has 0 radical (unpaired) electrons. The molecule has 2 fully saturated rings. The molecule has 3 heterocycles. The highest BCUT2D eigenvalue weighted by Crippen LogP contribution is 2.39. The molecule has 3 aromatic carbocycles. The first kappa shape index (κ1) is 39.3. The van der Waals surface area contributed by atoms with Crippen LogP contribution in [0.3, 0.4) is 0 Å². The first-order valence-electron chi connectivity index (χ1n) is 16.6. The SMILES string of the molecule is COc1cc(O)c2c(=O)c(OC3O[C@@H](CO)[C@H](O)[C@@H](O)[C@H]3O[C@@H]3OC[C@@](O)(COC(=O)/C=C/c4ccc(O)c(OC)c4)[C@@H]3O)c(-c3ccc(O)cc3)oc2c1. The summed E-state index contributed by atoms with van der Waals surface area (Å²) in [6.45, 7) is -2.24. The number of aromatic hydroxyl groups is 3. The highest BCUT2D eigenvalue weighted by Gasteiger charge is 2.54. The van der Waals surface area contributed by atoms with Crippen LogP contribution in [-0.2, 0) is 23.7 Å². The number of aliphatic hydroxyl groups excluding tert-OH is 4. The monoisotopic (exact) mass is 770 g/mol. The zero-order chi connectivity index (χ0) is 39.6. The Morgan fingerprint density at radius 1 is 0.945 bits per heavy atom. The Morgan fingerprint density at radius 2 is 1.69 bits per heavy atom. The lowest BCUT2D eigenvalue weighted by atomic mass is 9.98.